The van der Waals surface area contributed by atoms with Crippen LogP contribution in [0.4, 0.5) is 0 Å². The van der Waals surface area contributed by atoms with Gasteiger partial charge in [0.05, 0.1) is 5.03 Å². The average Bonchev–Trinajstić information content (AvgIpc) is 2.60. The molecular formula is C9H9NO4S3. The quantitative estimate of drug-likeness (QED) is 0.821. The molecule has 1 aliphatic heterocycles. The third-order valence-electron chi connectivity index (χ3n) is 1.92. The Balaban J connectivity index is 2.40. The molecule has 1 atom stereocenters. The van der Waals surface area contributed by atoms with Crippen LogP contribution in [0.2, 0.25) is 0 Å². The minimum absolute atomic E-state index is 0.433. The van der Waals surface area contributed by atoms with Gasteiger partial charge in [-0.1, -0.05) is 53.9 Å². The van der Waals surface area contributed by atoms with Gasteiger partial charge in [-0.2, -0.15) is 8.42 Å². The lowest BCUT2D eigenvalue weighted by atomic mass is 10.2. The van der Waals surface area contributed by atoms with Gasteiger partial charge in [-0.15, -0.1) is 0 Å². The number of hydrogen-bond donors (Lipinski definition) is 2. The summed E-state index contributed by atoms with van der Waals surface area (Å²) in [6.45, 7) is 0. The van der Waals surface area contributed by atoms with Gasteiger partial charge in [-0.3, -0.25) is 4.55 Å². The first-order valence-corrected chi connectivity index (χ1v) is 7.53. The van der Waals surface area contributed by atoms with Crippen molar-refractivity contribution in [3.8, 4) is 0 Å². The van der Waals surface area contributed by atoms with Crippen molar-refractivity contribution < 1.29 is 17.2 Å². The summed E-state index contributed by atoms with van der Waals surface area (Å²) < 4.78 is 34.2. The molecule has 0 spiro atoms. The minimum atomic E-state index is -4.57. The predicted octanol–water partition coefficient (Wildman–Crippen LogP) is 1.85. The van der Waals surface area contributed by atoms with E-state index in [4.69, 9.17) is 14.5 Å². The predicted molar refractivity (Wildman–Crippen MR) is 68.2 cm³/mol. The molecule has 0 amide bonds. The van der Waals surface area contributed by atoms with Gasteiger partial charge in [0.1, 0.15) is 0 Å². The molecule has 0 aliphatic carbocycles. The van der Waals surface area contributed by atoms with Crippen molar-refractivity contribution in [1.82, 2.24) is 0 Å². The molecular weight excluding hydrogens is 282 g/mol. The summed E-state index contributed by atoms with van der Waals surface area (Å²) in [5, 5.41) is 2.02. The molecule has 0 bridgehead atoms. The van der Waals surface area contributed by atoms with Crippen LogP contribution in [-0.4, -0.2) is 13.0 Å². The third-order valence-corrected chi connectivity index (χ3v) is 5.23. The summed E-state index contributed by atoms with van der Waals surface area (Å²) in [4.78, 5) is 0. The second-order valence-corrected chi connectivity index (χ2v) is 6.75. The van der Waals surface area contributed by atoms with Crippen molar-refractivity contribution in [3.63, 3.8) is 0 Å². The third kappa shape index (κ3) is 2.96. The molecule has 1 unspecified atom stereocenters. The van der Waals surface area contributed by atoms with Gasteiger partial charge in [0.25, 0.3) is 0 Å². The van der Waals surface area contributed by atoms with Gasteiger partial charge in [-0.25, -0.2) is 4.18 Å². The Kier molecular flexibility index (Phi) is 3.41. The highest BCUT2D eigenvalue weighted by atomic mass is 32.3. The second kappa shape index (κ2) is 4.54. The summed E-state index contributed by atoms with van der Waals surface area (Å²) >= 11 is 2.13. The highest BCUT2D eigenvalue weighted by Crippen LogP contribution is 2.56. The first-order valence-electron chi connectivity index (χ1n) is 4.47. The van der Waals surface area contributed by atoms with Crippen LogP contribution in [0.1, 0.15) is 5.56 Å². The topological polar surface area (TPSA) is 89.6 Å². The number of nitrogens with two attached hydrogens (primary N) is 1. The van der Waals surface area contributed by atoms with Crippen LogP contribution in [-0.2, 0) is 18.8 Å². The highest BCUT2D eigenvalue weighted by Gasteiger charge is 2.43. The summed E-state index contributed by atoms with van der Waals surface area (Å²) in [5.41, 5.74) is 6.21. The standard InChI is InChI=1S/C9H9NO4S3/c10-8-6-15-9(16-8,14-17(11,12)13)7-4-2-1-3-5-7/h1-6H,10H2,(H,11,12,13). The zero-order valence-electron chi connectivity index (χ0n) is 8.44. The Labute approximate surface area is 107 Å². The molecule has 1 heterocycles. The van der Waals surface area contributed by atoms with E-state index in [1.807, 2.05) is 0 Å². The van der Waals surface area contributed by atoms with E-state index in [0.717, 1.165) is 23.5 Å². The van der Waals surface area contributed by atoms with E-state index in [9.17, 15) is 8.42 Å². The van der Waals surface area contributed by atoms with Gasteiger partial charge in [-0.05, 0) is 0 Å². The Morgan fingerprint density at radius 3 is 2.41 bits per heavy atom. The SMILES string of the molecule is NC1=CSC(OS(=O)(=O)O)(c2ccccc2)S1. The smallest absolute Gasteiger partial charge is 0.393 e. The fourth-order valence-corrected chi connectivity index (χ4v) is 4.58. The first-order chi connectivity index (χ1) is 7.91. The maximum absolute atomic E-state index is 10.9. The van der Waals surface area contributed by atoms with Crippen LogP contribution in [0.25, 0.3) is 0 Å². The molecule has 1 aromatic carbocycles. The molecule has 0 radical (unpaired) electrons. The van der Waals surface area contributed by atoms with Gasteiger partial charge < -0.3 is 5.73 Å². The zero-order valence-corrected chi connectivity index (χ0v) is 10.9. The van der Waals surface area contributed by atoms with Gasteiger partial charge in [0.2, 0.25) is 4.27 Å². The molecule has 0 aromatic heterocycles. The van der Waals surface area contributed by atoms with Crippen molar-refractivity contribution in [3.05, 3.63) is 46.3 Å². The lowest BCUT2D eigenvalue weighted by Gasteiger charge is -2.25. The molecule has 2 rings (SSSR count). The molecule has 92 valence electrons. The van der Waals surface area contributed by atoms with Crippen molar-refractivity contribution in [2.24, 2.45) is 5.73 Å². The maximum atomic E-state index is 10.9. The number of rotatable bonds is 3. The van der Waals surface area contributed by atoms with Crippen molar-refractivity contribution in [2.75, 3.05) is 0 Å². The number of hydrogen-bond acceptors (Lipinski definition) is 6. The van der Waals surface area contributed by atoms with Gasteiger partial charge >= 0.3 is 10.4 Å². The Morgan fingerprint density at radius 1 is 1.29 bits per heavy atom. The molecule has 0 saturated carbocycles. The maximum Gasteiger partial charge on any atom is 0.399 e. The Bertz CT molecular complexity index is 543. The molecule has 1 aliphatic rings. The van der Waals surface area contributed by atoms with Crippen LogP contribution in [0.5, 0.6) is 0 Å². The van der Waals surface area contributed by atoms with E-state index in [1.54, 1.807) is 35.7 Å². The van der Waals surface area contributed by atoms with Crippen LogP contribution in [0.15, 0.2) is 40.8 Å². The second-order valence-electron chi connectivity index (χ2n) is 3.17. The summed E-state index contributed by atoms with van der Waals surface area (Å²) in [7, 11) is -4.57. The highest BCUT2D eigenvalue weighted by molar-refractivity contribution is 8.23. The largest absolute Gasteiger partial charge is 0.399 e. The zero-order chi connectivity index (χ0) is 12.5. The van der Waals surface area contributed by atoms with Crippen LogP contribution in [0, 0.1) is 0 Å². The number of thioether (sulfide) groups is 2. The van der Waals surface area contributed by atoms with Crippen LogP contribution < -0.4 is 5.73 Å². The molecule has 0 fully saturated rings. The molecule has 3 N–H and O–H groups in total. The molecule has 0 saturated heterocycles. The minimum Gasteiger partial charge on any atom is -0.393 e. The fraction of sp³-hybridized carbons (Fsp3) is 0.111. The Hall–Kier alpha value is -0.670. The average molecular weight is 291 g/mol. The van der Waals surface area contributed by atoms with E-state index < -0.39 is 14.7 Å². The van der Waals surface area contributed by atoms with Crippen LogP contribution >= 0.6 is 23.5 Å². The van der Waals surface area contributed by atoms with E-state index in [1.165, 1.54) is 0 Å². The summed E-state index contributed by atoms with van der Waals surface area (Å²) in [5.74, 6) is 0. The first kappa shape index (κ1) is 12.8. The van der Waals surface area contributed by atoms with Crippen molar-refractivity contribution in [1.29, 1.82) is 0 Å². The van der Waals surface area contributed by atoms with E-state index in [-0.39, 0.29) is 0 Å². The number of benzene rings is 1. The molecule has 17 heavy (non-hydrogen) atoms. The lowest BCUT2D eigenvalue weighted by molar-refractivity contribution is 0.229. The van der Waals surface area contributed by atoms with E-state index in [0.29, 0.717) is 10.6 Å². The summed E-state index contributed by atoms with van der Waals surface area (Å²) in [6.07, 6.45) is 0. The van der Waals surface area contributed by atoms with E-state index >= 15 is 0 Å². The van der Waals surface area contributed by atoms with Crippen molar-refractivity contribution in [2.45, 2.75) is 4.27 Å². The fourth-order valence-electron chi connectivity index (χ4n) is 1.33. The molecule has 5 nitrogen and oxygen atoms in total. The Morgan fingerprint density at radius 2 is 1.94 bits per heavy atom. The van der Waals surface area contributed by atoms with Gasteiger partial charge in [0, 0.05) is 11.0 Å². The van der Waals surface area contributed by atoms with Crippen LogP contribution in [0.3, 0.4) is 0 Å². The lowest BCUT2D eigenvalue weighted by Crippen LogP contribution is -2.23. The normalized spacial score (nSPS) is 24.6. The molecule has 1 aromatic rings. The summed E-state index contributed by atoms with van der Waals surface area (Å²) in [6, 6.07) is 8.71. The molecule has 8 heteroatoms. The van der Waals surface area contributed by atoms with Gasteiger partial charge in [0.15, 0.2) is 0 Å². The van der Waals surface area contributed by atoms with E-state index in [2.05, 4.69) is 0 Å². The monoisotopic (exact) mass is 291 g/mol. The van der Waals surface area contributed by atoms with Crippen molar-refractivity contribution >= 4 is 33.9 Å².